The van der Waals surface area contributed by atoms with Crippen LogP contribution in [0.2, 0.25) is 5.02 Å². The number of carbonyl (C=O) groups excluding carboxylic acids is 1. The summed E-state index contributed by atoms with van der Waals surface area (Å²) in [5, 5.41) is 3.96. The number of rotatable bonds is 4. The molecule has 0 saturated heterocycles. The summed E-state index contributed by atoms with van der Waals surface area (Å²) in [5.74, 6) is -0.419. The molecule has 3 nitrogen and oxygen atoms in total. The standard InChI is InChI=1S/C15H14BrClN2O/c1-9-11(15(18)20)3-2-4-14(9)19-8-10-5-6-12(16)13(17)7-10/h2-7,19H,8H2,1H3,(H2,18,20). The predicted octanol–water partition coefficient (Wildman–Crippen LogP) is 4.12. The molecular weight excluding hydrogens is 340 g/mol. The first-order valence-corrected chi connectivity index (χ1v) is 7.23. The Balaban J connectivity index is 2.17. The van der Waals surface area contributed by atoms with E-state index in [0.717, 1.165) is 21.3 Å². The fourth-order valence-corrected chi connectivity index (χ4v) is 2.39. The van der Waals surface area contributed by atoms with Crippen LogP contribution >= 0.6 is 27.5 Å². The number of carbonyl (C=O) groups is 1. The molecule has 5 heteroatoms. The van der Waals surface area contributed by atoms with E-state index in [4.69, 9.17) is 17.3 Å². The highest BCUT2D eigenvalue weighted by Gasteiger charge is 2.08. The lowest BCUT2D eigenvalue weighted by Crippen LogP contribution is -2.13. The van der Waals surface area contributed by atoms with Gasteiger partial charge in [-0.05, 0) is 58.2 Å². The van der Waals surface area contributed by atoms with Crippen molar-refractivity contribution in [2.24, 2.45) is 5.73 Å². The van der Waals surface area contributed by atoms with Crippen molar-refractivity contribution < 1.29 is 4.79 Å². The smallest absolute Gasteiger partial charge is 0.249 e. The van der Waals surface area contributed by atoms with Crippen molar-refractivity contribution in [2.75, 3.05) is 5.32 Å². The molecule has 3 N–H and O–H groups in total. The SMILES string of the molecule is Cc1c(NCc2ccc(Br)c(Cl)c2)cccc1C(N)=O. The highest BCUT2D eigenvalue weighted by atomic mass is 79.9. The second-order valence-electron chi connectivity index (χ2n) is 4.44. The molecule has 0 aliphatic rings. The second-order valence-corrected chi connectivity index (χ2v) is 5.71. The minimum Gasteiger partial charge on any atom is -0.381 e. The van der Waals surface area contributed by atoms with Crippen LogP contribution in [-0.4, -0.2) is 5.91 Å². The average Bonchev–Trinajstić information content (AvgIpc) is 2.41. The van der Waals surface area contributed by atoms with Crippen molar-refractivity contribution in [1.82, 2.24) is 0 Å². The van der Waals surface area contributed by atoms with Gasteiger partial charge < -0.3 is 11.1 Å². The van der Waals surface area contributed by atoms with Crippen LogP contribution in [0.25, 0.3) is 0 Å². The van der Waals surface area contributed by atoms with Crippen LogP contribution in [-0.2, 0) is 6.54 Å². The number of nitrogens with one attached hydrogen (secondary N) is 1. The predicted molar refractivity (Wildman–Crippen MR) is 86.2 cm³/mol. The van der Waals surface area contributed by atoms with Gasteiger partial charge in [0.25, 0.3) is 0 Å². The fraction of sp³-hybridized carbons (Fsp3) is 0.133. The average molecular weight is 354 g/mol. The molecule has 0 aliphatic carbocycles. The van der Waals surface area contributed by atoms with E-state index in [0.29, 0.717) is 17.1 Å². The minimum atomic E-state index is -0.419. The van der Waals surface area contributed by atoms with Gasteiger partial charge in [0.2, 0.25) is 5.91 Å². The Kier molecular flexibility index (Phi) is 4.68. The third-order valence-electron chi connectivity index (χ3n) is 3.07. The van der Waals surface area contributed by atoms with Crippen molar-refractivity contribution in [2.45, 2.75) is 13.5 Å². The summed E-state index contributed by atoms with van der Waals surface area (Å²) in [6.07, 6.45) is 0. The number of halogens is 2. The molecule has 0 saturated carbocycles. The molecule has 0 bridgehead atoms. The monoisotopic (exact) mass is 352 g/mol. The van der Waals surface area contributed by atoms with Gasteiger partial charge in [0.15, 0.2) is 0 Å². The third kappa shape index (κ3) is 3.32. The third-order valence-corrected chi connectivity index (χ3v) is 4.30. The first kappa shape index (κ1) is 14.9. The molecule has 0 fully saturated rings. The number of amides is 1. The number of primary amides is 1. The van der Waals surface area contributed by atoms with Crippen molar-refractivity contribution in [3.8, 4) is 0 Å². The van der Waals surface area contributed by atoms with Gasteiger partial charge in [-0.1, -0.05) is 23.7 Å². The van der Waals surface area contributed by atoms with E-state index >= 15 is 0 Å². The van der Waals surface area contributed by atoms with Crippen molar-refractivity contribution >= 4 is 39.1 Å². The van der Waals surface area contributed by atoms with Crippen LogP contribution in [0.1, 0.15) is 21.5 Å². The molecule has 0 aromatic heterocycles. The molecule has 1 amide bonds. The summed E-state index contributed by atoms with van der Waals surface area (Å²) >= 11 is 9.42. The van der Waals surface area contributed by atoms with E-state index in [9.17, 15) is 4.79 Å². The maximum atomic E-state index is 11.3. The normalized spacial score (nSPS) is 10.3. The van der Waals surface area contributed by atoms with Crippen LogP contribution in [0.15, 0.2) is 40.9 Å². The molecule has 2 aromatic carbocycles. The summed E-state index contributed by atoms with van der Waals surface area (Å²) in [6.45, 7) is 2.49. The Morgan fingerprint density at radius 3 is 2.75 bits per heavy atom. The molecule has 0 heterocycles. The lowest BCUT2D eigenvalue weighted by molar-refractivity contribution is 0.1000. The van der Waals surface area contributed by atoms with Gasteiger partial charge in [0, 0.05) is 22.3 Å². The van der Waals surface area contributed by atoms with Gasteiger partial charge in [0.1, 0.15) is 0 Å². The summed E-state index contributed by atoms with van der Waals surface area (Å²) < 4.78 is 0.870. The molecular formula is C15H14BrClN2O. The summed E-state index contributed by atoms with van der Waals surface area (Å²) in [5.41, 5.74) is 8.67. The number of hydrogen-bond acceptors (Lipinski definition) is 2. The molecule has 0 spiro atoms. The van der Waals surface area contributed by atoms with Crippen LogP contribution in [0, 0.1) is 6.92 Å². The molecule has 0 atom stereocenters. The van der Waals surface area contributed by atoms with Gasteiger partial charge in [0.05, 0.1) is 5.02 Å². The Labute approximate surface area is 131 Å². The molecule has 0 unspecified atom stereocenters. The quantitative estimate of drug-likeness (QED) is 0.868. The zero-order chi connectivity index (χ0) is 14.7. The molecule has 104 valence electrons. The maximum Gasteiger partial charge on any atom is 0.249 e. The molecule has 2 rings (SSSR count). The second kappa shape index (κ2) is 6.29. The highest BCUT2D eigenvalue weighted by Crippen LogP contribution is 2.24. The van der Waals surface area contributed by atoms with Crippen LogP contribution in [0.4, 0.5) is 5.69 Å². The number of hydrogen-bond donors (Lipinski definition) is 2. The first-order chi connectivity index (χ1) is 9.49. The Morgan fingerprint density at radius 1 is 1.35 bits per heavy atom. The van der Waals surface area contributed by atoms with Crippen molar-refractivity contribution in [1.29, 1.82) is 0 Å². The van der Waals surface area contributed by atoms with E-state index in [1.54, 1.807) is 6.07 Å². The Hall–Kier alpha value is -1.52. The lowest BCUT2D eigenvalue weighted by atomic mass is 10.1. The van der Waals surface area contributed by atoms with Gasteiger partial charge in [-0.3, -0.25) is 4.79 Å². The molecule has 20 heavy (non-hydrogen) atoms. The fourth-order valence-electron chi connectivity index (χ4n) is 1.94. The maximum absolute atomic E-state index is 11.3. The number of nitrogens with two attached hydrogens (primary N) is 1. The van der Waals surface area contributed by atoms with Gasteiger partial charge in [-0.25, -0.2) is 0 Å². The van der Waals surface area contributed by atoms with Crippen LogP contribution in [0.5, 0.6) is 0 Å². The summed E-state index contributed by atoms with van der Waals surface area (Å²) in [4.78, 5) is 11.3. The zero-order valence-corrected chi connectivity index (χ0v) is 13.3. The number of benzene rings is 2. The Bertz CT molecular complexity index is 658. The zero-order valence-electron chi connectivity index (χ0n) is 10.9. The lowest BCUT2D eigenvalue weighted by Gasteiger charge is -2.12. The van der Waals surface area contributed by atoms with Crippen molar-refractivity contribution in [3.05, 3.63) is 62.6 Å². The molecule has 0 aliphatic heterocycles. The molecule has 0 radical (unpaired) electrons. The Morgan fingerprint density at radius 2 is 2.10 bits per heavy atom. The van der Waals surface area contributed by atoms with Gasteiger partial charge in [-0.2, -0.15) is 0 Å². The molecule has 2 aromatic rings. The van der Waals surface area contributed by atoms with E-state index in [1.165, 1.54) is 0 Å². The minimum absolute atomic E-state index is 0.419. The van der Waals surface area contributed by atoms with Crippen LogP contribution < -0.4 is 11.1 Å². The van der Waals surface area contributed by atoms with E-state index in [-0.39, 0.29) is 0 Å². The first-order valence-electron chi connectivity index (χ1n) is 6.06. The van der Waals surface area contributed by atoms with E-state index in [2.05, 4.69) is 21.2 Å². The summed E-state index contributed by atoms with van der Waals surface area (Å²) in [7, 11) is 0. The topological polar surface area (TPSA) is 55.1 Å². The largest absolute Gasteiger partial charge is 0.381 e. The van der Waals surface area contributed by atoms with Gasteiger partial charge >= 0.3 is 0 Å². The van der Waals surface area contributed by atoms with E-state index < -0.39 is 5.91 Å². The van der Waals surface area contributed by atoms with Crippen molar-refractivity contribution in [3.63, 3.8) is 0 Å². The van der Waals surface area contributed by atoms with Gasteiger partial charge in [-0.15, -0.1) is 0 Å². The number of anilines is 1. The van der Waals surface area contributed by atoms with Crippen LogP contribution in [0.3, 0.4) is 0 Å². The van der Waals surface area contributed by atoms with E-state index in [1.807, 2.05) is 37.3 Å². The highest BCUT2D eigenvalue weighted by molar-refractivity contribution is 9.10. The summed E-state index contributed by atoms with van der Waals surface area (Å²) in [6, 6.07) is 11.2.